The van der Waals surface area contributed by atoms with Gasteiger partial charge in [0.2, 0.25) is 0 Å². The molecule has 2 aliphatic rings. The SMILES string of the molecule is C[C@@H](CNC(=O)N1CC[C@@H](N2CCCC2)C1)Cc1cccs1. The van der Waals surface area contributed by atoms with Crippen LogP contribution < -0.4 is 5.32 Å². The van der Waals surface area contributed by atoms with Gasteiger partial charge >= 0.3 is 6.03 Å². The second-order valence-corrected chi connectivity index (χ2v) is 7.74. The fraction of sp³-hybridized carbons (Fsp3) is 0.706. The first-order chi connectivity index (χ1) is 10.7. The van der Waals surface area contributed by atoms with Crippen molar-refractivity contribution in [2.45, 2.75) is 38.6 Å². The second kappa shape index (κ2) is 7.47. The fourth-order valence-electron chi connectivity index (χ4n) is 3.55. The molecule has 122 valence electrons. The number of hydrogen-bond donors (Lipinski definition) is 1. The van der Waals surface area contributed by atoms with E-state index in [2.05, 4.69) is 34.7 Å². The maximum atomic E-state index is 12.3. The first-order valence-corrected chi connectivity index (χ1v) is 9.39. The summed E-state index contributed by atoms with van der Waals surface area (Å²) >= 11 is 1.80. The monoisotopic (exact) mass is 321 g/mol. The van der Waals surface area contributed by atoms with Gasteiger partial charge in [-0.1, -0.05) is 13.0 Å². The molecule has 1 N–H and O–H groups in total. The van der Waals surface area contributed by atoms with Crippen LogP contribution in [-0.4, -0.2) is 54.6 Å². The third-order valence-electron chi connectivity index (χ3n) is 4.84. The standard InChI is InChI=1S/C17H27N3OS/c1-14(11-16-5-4-10-22-16)12-18-17(21)20-9-6-15(13-20)19-7-2-3-8-19/h4-5,10,14-15H,2-3,6-9,11-13H2,1H3,(H,18,21)/t14-,15-/m1/s1. The van der Waals surface area contributed by atoms with E-state index in [9.17, 15) is 4.79 Å². The molecule has 2 atom stereocenters. The molecule has 0 unspecified atom stereocenters. The van der Waals surface area contributed by atoms with Crippen molar-refractivity contribution in [2.75, 3.05) is 32.7 Å². The lowest BCUT2D eigenvalue weighted by molar-refractivity contribution is 0.197. The first-order valence-electron chi connectivity index (χ1n) is 8.51. The fourth-order valence-corrected chi connectivity index (χ4v) is 4.42. The highest BCUT2D eigenvalue weighted by Gasteiger charge is 2.31. The number of carbonyl (C=O) groups excluding carboxylic acids is 1. The topological polar surface area (TPSA) is 35.6 Å². The zero-order chi connectivity index (χ0) is 15.4. The largest absolute Gasteiger partial charge is 0.338 e. The van der Waals surface area contributed by atoms with Crippen LogP contribution in [0.1, 0.15) is 31.1 Å². The molecule has 1 aromatic rings. The van der Waals surface area contributed by atoms with Gasteiger partial charge in [-0.2, -0.15) is 0 Å². The number of likely N-dealkylation sites (tertiary alicyclic amines) is 2. The van der Waals surface area contributed by atoms with E-state index >= 15 is 0 Å². The Morgan fingerprint density at radius 1 is 1.41 bits per heavy atom. The molecule has 2 fully saturated rings. The highest BCUT2D eigenvalue weighted by molar-refractivity contribution is 7.09. The number of nitrogens with zero attached hydrogens (tertiary/aromatic N) is 2. The Balaban J connectivity index is 1.38. The number of rotatable bonds is 5. The predicted molar refractivity (Wildman–Crippen MR) is 91.4 cm³/mol. The number of nitrogens with one attached hydrogen (secondary N) is 1. The minimum Gasteiger partial charge on any atom is -0.338 e. The summed E-state index contributed by atoms with van der Waals surface area (Å²) in [7, 11) is 0. The van der Waals surface area contributed by atoms with Crippen LogP contribution in [0.15, 0.2) is 17.5 Å². The molecule has 4 nitrogen and oxygen atoms in total. The average Bonchev–Trinajstić information content (AvgIpc) is 3.23. The van der Waals surface area contributed by atoms with Crippen molar-refractivity contribution in [3.05, 3.63) is 22.4 Å². The van der Waals surface area contributed by atoms with Crippen LogP contribution in [0.25, 0.3) is 0 Å². The van der Waals surface area contributed by atoms with Gasteiger partial charge in [0.05, 0.1) is 0 Å². The van der Waals surface area contributed by atoms with Gasteiger partial charge in [-0.05, 0) is 56.1 Å². The second-order valence-electron chi connectivity index (χ2n) is 6.71. The smallest absolute Gasteiger partial charge is 0.317 e. The zero-order valence-corrected chi connectivity index (χ0v) is 14.3. The molecule has 22 heavy (non-hydrogen) atoms. The molecule has 2 amide bonds. The quantitative estimate of drug-likeness (QED) is 0.905. The van der Waals surface area contributed by atoms with Gasteiger partial charge in [0.1, 0.15) is 0 Å². The van der Waals surface area contributed by atoms with Crippen LogP contribution in [-0.2, 0) is 6.42 Å². The summed E-state index contributed by atoms with van der Waals surface area (Å²) in [6, 6.07) is 4.98. The minimum absolute atomic E-state index is 0.125. The van der Waals surface area contributed by atoms with Crippen molar-refractivity contribution in [3.8, 4) is 0 Å². The van der Waals surface area contributed by atoms with Gasteiger partial charge in [-0.25, -0.2) is 4.79 Å². The summed E-state index contributed by atoms with van der Waals surface area (Å²) in [6.07, 6.45) is 4.83. The third-order valence-corrected chi connectivity index (χ3v) is 5.74. The Bertz CT molecular complexity index is 470. The molecule has 0 bridgehead atoms. The van der Waals surface area contributed by atoms with E-state index in [-0.39, 0.29) is 6.03 Å². The van der Waals surface area contributed by atoms with Crippen molar-refractivity contribution >= 4 is 17.4 Å². The maximum absolute atomic E-state index is 12.3. The molecule has 0 radical (unpaired) electrons. The molecule has 2 saturated heterocycles. The molecule has 2 aliphatic heterocycles. The summed E-state index contributed by atoms with van der Waals surface area (Å²) < 4.78 is 0. The number of hydrogen-bond acceptors (Lipinski definition) is 3. The van der Waals surface area contributed by atoms with Gasteiger partial charge in [-0.15, -0.1) is 11.3 Å². The molecule has 3 rings (SSSR count). The maximum Gasteiger partial charge on any atom is 0.317 e. The number of amides is 2. The lowest BCUT2D eigenvalue weighted by atomic mass is 10.1. The lowest BCUT2D eigenvalue weighted by Crippen LogP contribution is -2.42. The van der Waals surface area contributed by atoms with E-state index in [1.807, 2.05) is 4.90 Å². The Hall–Kier alpha value is -1.07. The van der Waals surface area contributed by atoms with E-state index in [1.54, 1.807) is 11.3 Å². The molecule has 0 spiro atoms. The van der Waals surface area contributed by atoms with Crippen LogP contribution in [0.3, 0.4) is 0 Å². The minimum atomic E-state index is 0.125. The Kier molecular flexibility index (Phi) is 5.37. The summed E-state index contributed by atoms with van der Waals surface area (Å²) in [5, 5.41) is 5.24. The third kappa shape index (κ3) is 4.02. The summed E-state index contributed by atoms with van der Waals surface area (Å²) in [5.41, 5.74) is 0. The van der Waals surface area contributed by atoms with Crippen LogP contribution in [0.2, 0.25) is 0 Å². The van der Waals surface area contributed by atoms with E-state index in [4.69, 9.17) is 0 Å². The number of thiophene rings is 1. The van der Waals surface area contributed by atoms with E-state index in [0.29, 0.717) is 12.0 Å². The Morgan fingerprint density at radius 2 is 2.23 bits per heavy atom. The van der Waals surface area contributed by atoms with Gasteiger partial charge in [-0.3, -0.25) is 4.90 Å². The van der Waals surface area contributed by atoms with Gasteiger partial charge in [0.15, 0.2) is 0 Å². The zero-order valence-electron chi connectivity index (χ0n) is 13.5. The molecule has 1 aromatic heterocycles. The van der Waals surface area contributed by atoms with E-state index in [1.165, 1.54) is 30.8 Å². The van der Waals surface area contributed by atoms with Crippen LogP contribution >= 0.6 is 11.3 Å². The molecular weight excluding hydrogens is 294 g/mol. The Labute approximate surface area is 137 Å². The molecule has 3 heterocycles. The van der Waals surface area contributed by atoms with Crippen molar-refractivity contribution in [3.63, 3.8) is 0 Å². The summed E-state index contributed by atoms with van der Waals surface area (Å²) in [4.78, 5) is 18.3. The highest BCUT2D eigenvalue weighted by Crippen LogP contribution is 2.20. The molecule has 5 heteroatoms. The van der Waals surface area contributed by atoms with Crippen molar-refractivity contribution in [1.82, 2.24) is 15.1 Å². The summed E-state index contributed by atoms with van der Waals surface area (Å²) in [5.74, 6) is 0.486. The van der Waals surface area contributed by atoms with Crippen molar-refractivity contribution < 1.29 is 4.79 Å². The Morgan fingerprint density at radius 3 is 2.95 bits per heavy atom. The van der Waals surface area contributed by atoms with Crippen molar-refractivity contribution in [2.24, 2.45) is 5.92 Å². The van der Waals surface area contributed by atoms with Gasteiger partial charge in [0.25, 0.3) is 0 Å². The van der Waals surface area contributed by atoms with E-state index in [0.717, 1.165) is 32.5 Å². The number of carbonyl (C=O) groups is 1. The first kappa shape index (κ1) is 15.8. The average molecular weight is 321 g/mol. The van der Waals surface area contributed by atoms with Crippen LogP contribution in [0, 0.1) is 5.92 Å². The summed E-state index contributed by atoms with van der Waals surface area (Å²) in [6.45, 7) is 7.23. The van der Waals surface area contributed by atoms with Gasteiger partial charge < -0.3 is 10.2 Å². The molecule has 0 aliphatic carbocycles. The predicted octanol–water partition coefficient (Wildman–Crippen LogP) is 2.81. The lowest BCUT2D eigenvalue weighted by Gasteiger charge is -2.24. The van der Waals surface area contributed by atoms with Gasteiger partial charge in [0, 0.05) is 30.6 Å². The normalized spacial score (nSPS) is 23.9. The molecular formula is C17H27N3OS. The highest BCUT2D eigenvalue weighted by atomic mass is 32.1. The van der Waals surface area contributed by atoms with E-state index < -0.39 is 0 Å². The number of urea groups is 1. The van der Waals surface area contributed by atoms with Crippen LogP contribution in [0.4, 0.5) is 4.79 Å². The van der Waals surface area contributed by atoms with Crippen molar-refractivity contribution in [1.29, 1.82) is 0 Å². The van der Waals surface area contributed by atoms with Crippen LogP contribution in [0.5, 0.6) is 0 Å². The molecule has 0 aromatic carbocycles. The molecule has 0 saturated carbocycles.